The topological polar surface area (TPSA) is 29.6 Å². The van der Waals surface area contributed by atoms with Gasteiger partial charge in [-0.15, -0.1) is 0 Å². The molecule has 0 aromatic rings. The third-order valence-corrected chi connectivity index (χ3v) is 5.11. The van der Waals surface area contributed by atoms with E-state index in [1.54, 1.807) is 0 Å². The highest BCUT2D eigenvalue weighted by atomic mass is 16.6. The lowest BCUT2D eigenvalue weighted by Gasteiger charge is -2.44. The van der Waals surface area contributed by atoms with Gasteiger partial charge in [-0.2, -0.15) is 0 Å². The van der Waals surface area contributed by atoms with Crippen LogP contribution in [0.3, 0.4) is 0 Å². The van der Waals surface area contributed by atoms with Crippen molar-refractivity contribution in [2.24, 2.45) is 17.3 Å². The first-order chi connectivity index (χ1) is 7.94. The van der Waals surface area contributed by atoms with Crippen molar-refractivity contribution in [3.05, 3.63) is 23.8 Å². The van der Waals surface area contributed by atoms with Crippen molar-refractivity contribution in [1.82, 2.24) is 0 Å². The van der Waals surface area contributed by atoms with Gasteiger partial charge in [0.05, 0.1) is 12.2 Å². The van der Waals surface area contributed by atoms with Crippen LogP contribution in [-0.4, -0.2) is 18.0 Å². The Kier molecular flexibility index (Phi) is 2.19. The molecule has 1 aliphatic heterocycles. The summed E-state index contributed by atoms with van der Waals surface area (Å²) < 4.78 is 5.58. The van der Waals surface area contributed by atoms with Gasteiger partial charge in [-0.05, 0) is 36.3 Å². The molecule has 0 saturated carbocycles. The van der Waals surface area contributed by atoms with Crippen LogP contribution in [0.25, 0.3) is 0 Å². The van der Waals surface area contributed by atoms with E-state index in [4.69, 9.17) is 4.74 Å². The number of hydrogen-bond donors (Lipinski definition) is 0. The second-order valence-electron chi connectivity index (χ2n) is 6.36. The minimum absolute atomic E-state index is 0.0617. The lowest BCUT2D eigenvalue weighted by molar-refractivity contribution is -0.117. The minimum atomic E-state index is 0.0617. The summed E-state index contributed by atoms with van der Waals surface area (Å²) >= 11 is 0. The maximum Gasteiger partial charge on any atom is 0.156 e. The number of hydrogen-bond acceptors (Lipinski definition) is 2. The van der Waals surface area contributed by atoms with E-state index in [2.05, 4.69) is 32.9 Å². The van der Waals surface area contributed by atoms with Gasteiger partial charge in [-0.3, -0.25) is 4.79 Å². The van der Waals surface area contributed by atoms with E-state index in [0.717, 1.165) is 13.0 Å². The number of ketones is 1. The van der Waals surface area contributed by atoms with Crippen molar-refractivity contribution < 1.29 is 9.53 Å². The summed E-state index contributed by atoms with van der Waals surface area (Å²) in [5, 5.41) is 0. The highest BCUT2D eigenvalue weighted by molar-refractivity contribution is 5.92. The zero-order valence-electron chi connectivity index (χ0n) is 10.8. The number of carbonyl (C=O) groups excluding carboxylic acids is 1. The van der Waals surface area contributed by atoms with E-state index in [1.807, 2.05) is 6.08 Å². The van der Waals surface area contributed by atoms with Gasteiger partial charge >= 0.3 is 0 Å². The molecular formula is C15H20O2. The molecule has 0 N–H and O–H groups in total. The van der Waals surface area contributed by atoms with E-state index in [9.17, 15) is 4.79 Å². The van der Waals surface area contributed by atoms with Crippen molar-refractivity contribution in [1.29, 1.82) is 0 Å². The Bertz CT molecular complexity index is 428. The van der Waals surface area contributed by atoms with Crippen LogP contribution < -0.4 is 0 Å². The van der Waals surface area contributed by atoms with Crippen LogP contribution in [0.2, 0.25) is 0 Å². The molecule has 1 unspecified atom stereocenters. The van der Waals surface area contributed by atoms with Gasteiger partial charge in [0.25, 0.3) is 0 Å². The number of fused-ring (bicyclic) bond motifs is 1. The molecule has 0 bridgehead atoms. The molecule has 2 nitrogen and oxygen atoms in total. The second-order valence-corrected chi connectivity index (χ2v) is 6.36. The number of rotatable bonds is 1. The monoisotopic (exact) mass is 232 g/mol. The third kappa shape index (κ3) is 1.61. The van der Waals surface area contributed by atoms with Crippen LogP contribution in [0.15, 0.2) is 23.8 Å². The molecule has 92 valence electrons. The largest absolute Gasteiger partial charge is 0.369 e. The van der Waals surface area contributed by atoms with Gasteiger partial charge in [0.15, 0.2) is 5.78 Å². The molecule has 3 rings (SSSR count). The van der Waals surface area contributed by atoms with Crippen LogP contribution in [-0.2, 0) is 9.53 Å². The smallest absolute Gasteiger partial charge is 0.156 e. The van der Waals surface area contributed by atoms with Crippen LogP contribution in [0.1, 0.15) is 33.6 Å². The molecule has 1 saturated heterocycles. The molecule has 0 radical (unpaired) electrons. The second kappa shape index (κ2) is 3.32. The number of ether oxygens (including phenoxy) is 1. The molecule has 0 amide bonds. The van der Waals surface area contributed by atoms with Gasteiger partial charge in [0, 0.05) is 12.3 Å². The zero-order chi connectivity index (χ0) is 12.3. The zero-order valence-corrected chi connectivity index (χ0v) is 10.8. The van der Waals surface area contributed by atoms with Gasteiger partial charge in [0.1, 0.15) is 0 Å². The van der Waals surface area contributed by atoms with Crippen molar-refractivity contribution in [3.8, 4) is 0 Å². The van der Waals surface area contributed by atoms with Gasteiger partial charge < -0.3 is 4.74 Å². The normalized spacial score (nSPS) is 48.6. The number of carbonyl (C=O) groups is 1. The van der Waals surface area contributed by atoms with Crippen LogP contribution in [0.4, 0.5) is 0 Å². The fourth-order valence-electron chi connectivity index (χ4n) is 3.26. The Morgan fingerprint density at radius 2 is 2.12 bits per heavy atom. The van der Waals surface area contributed by atoms with Crippen LogP contribution >= 0.6 is 0 Å². The summed E-state index contributed by atoms with van der Waals surface area (Å²) in [6.07, 6.45) is 8.06. The standard InChI is InChI=1S/C15H20O2/c1-10-6-13(16)7-11-4-5-12(8-14(10,11)2)15(3)9-17-15/h4-5,7,10,12H,6,8-9H2,1-3H3/t10-,12-,14+,15?/m1/s1. The molecule has 1 heterocycles. The average molecular weight is 232 g/mol. The predicted molar refractivity (Wildman–Crippen MR) is 66.6 cm³/mol. The summed E-state index contributed by atoms with van der Waals surface area (Å²) in [6, 6.07) is 0. The number of epoxide rings is 1. The van der Waals surface area contributed by atoms with Crippen molar-refractivity contribution in [2.75, 3.05) is 6.61 Å². The summed E-state index contributed by atoms with van der Waals surface area (Å²) in [5.41, 5.74) is 1.44. The van der Waals surface area contributed by atoms with Gasteiger partial charge in [-0.1, -0.05) is 26.0 Å². The third-order valence-electron chi connectivity index (χ3n) is 5.11. The highest BCUT2D eigenvalue weighted by Gasteiger charge is 2.51. The SMILES string of the molecule is C[C@@H]1CC(=O)C=C2C=C[C@@H](C3(C)CO3)C[C@]21C. The molecule has 17 heavy (non-hydrogen) atoms. The lowest BCUT2D eigenvalue weighted by Crippen LogP contribution is -2.39. The molecule has 0 aromatic heterocycles. The summed E-state index contributed by atoms with van der Waals surface area (Å²) in [5.74, 6) is 1.21. The van der Waals surface area contributed by atoms with E-state index in [0.29, 0.717) is 18.3 Å². The first kappa shape index (κ1) is 11.2. The maximum atomic E-state index is 11.6. The average Bonchev–Trinajstić information content (AvgIpc) is 2.99. The van der Waals surface area contributed by atoms with Gasteiger partial charge in [0.2, 0.25) is 0 Å². The molecular weight excluding hydrogens is 212 g/mol. The highest BCUT2D eigenvalue weighted by Crippen LogP contribution is 2.53. The Morgan fingerprint density at radius 3 is 2.76 bits per heavy atom. The van der Waals surface area contributed by atoms with Crippen molar-refractivity contribution in [3.63, 3.8) is 0 Å². The Morgan fingerprint density at radius 1 is 1.41 bits per heavy atom. The van der Waals surface area contributed by atoms with E-state index < -0.39 is 0 Å². The van der Waals surface area contributed by atoms with Gasteiger partial charge in [-0.25, -0.2) is 0 Å². The Labute approximate surface area is 103 Å². The minimum Gasteiger partial charge on any atom is -0.369 e. The van der Waals surface area contributed by atoms with Crippen LogP contribution in [0, 0.1) is 17.3 Å². The fraction of sp³-hybridized carbons (Fsp3) is 0.667. The quantitative estimate of drug-likeness (QED) is 0.651. The fourth-order valence-corrected chi connectivity index (χ4v) is 3.26. The summed E-state index contributed by atoms with van der Waals surface area (Å²) in [7, 11) is 0. The Balaban J connectivity index is 1.97. The van der Waals surface area contributed by atoms with E-state index >= 15 is 0 Å². The number of allylic oxidation sites excluding steroid dienone is 3. The first-order valence-corrected chi connectivity index (χ1v) is 6.51. The molecule has 1 fully saturated rings. The van der Waals surface area contributed by atoms with Crippen molar-refractivity contribution in [2.45, 2.75) is 39.2 Å². The summed E-state index contributed by atoms with van der Waals surface area (Å²) in [6.45, 7) is 7.58. The maximum absolute atomic E-state index is 11.6. The molecule has 0 aromatic carbocycles. The van der Waals surface area contributed by atoms with E-state index in [-0.39, 0.29) is 16.8 Å². The predicted octanol–water partition coefficient (Wildman–Crippen LogP) is 2.89. The summed E-state index contributed by atoms with van der Waals surface area (Å²) in [4.78, 5) is 11.6. The van der Waals surface area contributed by atoms with Crippen molar-refractivity contribution >= 4 is 5.78 Å². The molecule has 0 spiro atoms. The molecule has 2 aliphatic carbocycles. The van der Waals surface area contributed by atoms with E-state index in [1.165, 1.54) is 5.57 Å². The molecule has 3 aliphatic rings. The lowest BCUT2D eigenvalue weighted by atomic mass is 9.59. The molecule has 2 heteroatoms. The van der Waals surface area contributed by atoms with Crippen LogP contribution in [0.5, 0.6) is 0 Å². The molecule has 4 atom stereocenters. The first-order valence-electron chi connectivity index (χ1n) is 6.51. The Hall–Kier alpha value is -0.890.